The third-order valence-corrected chi connectivity index (χ3v) is 4.34. The average molecular weight is 283 g/mol. The minimum absolute atomic E-state index is 1.15. The number of hydrogen-bond donors (Lipinski definition) is 0. The lowest BCUT2D eigenvalue weighted by atomic mass is 9.97. The Morgan fingerprint density at radius 3 is 2.05 bits per heavy atom. The van der Waals surface area contributed by atoms with Crippen LogP contribution in [0.2, 0.25) is 0 Å². The van der Waals surface area contributed by atoms with Crippen LogP contribution in [-0.2, 0) is 0 Å². The lowest BCUT2D eigenvalue weighted by Crippen LogP contribution is -2.30. The highest BCUT2D eigenvalue weighted by Crippen LogP contribution is 2.32. The maximum absolute atomic E-state index is 4.33. The number of aryl methyl sites for hydroxylation is 1. The van der Waals surface area contributed by atoms with Crippen molar-refractivity contribution >= 4 is 21.7 Å². The lowest BCUT2D eigenvalue weighted by Gasteiger charge is -2.17. The quantitative estimate of drug-likeness (QED) is 0.266. The first-order valence-electron chi connectivity index (χ1n) is 7.50. The SMILES string of the molecule is [CH2-][n+]1c(-c2ccccc2C)c2ccccc2c2ccccc21. The molecule has 0 radical (unpaired) electrons. The summed E-state index contributed by atoms with van der Waals surface area (Å²) < 4.78 is 2.07. The van der Waals surface area contributed by atoms with E-state index in [1.54, 1.807) is 0 Å². The van der Waals surface area contributed by atoms with E-state index in [1.165, 1.54) is 33.0 Å². The van der Waals surface area contributed by atoms with Gasteiger partial charge in [-0.25, -0.2) is 0 Å². The van der Waals surface area contributed by atoms with Gasteiger partial charge in [0.15, 0.2) is 0 Å². The molecule has 1 nitrogen and oxygen atoms in total. The number of fused-ring (bicyclic) bond motifs is 3. The molecule has 0 bridgehead atoms. The molecule has 4 aromatic rings. The van der Waals surface area contributed by atoms with Gasteiger partial charge in [0.05, 0.1) is 0 Å². The summed E-state index contributed by atoms with van der Waals surface area (Å²) >= 11 is 0. The largest absolute Gasteiger partial charge is 0.326 e. The molecule has 0 aliphatic heterocycles. The normalized spacial score (nSPS) is 11.1. The van der Waals surface area contributed by atoms with Gasteiger partial charge in [-0.15, -0.1) is 0 Å². The summed E-state index contributed by atoms with van der Waals surface area (Å²) in [6, 6.07) is 25.5. The van der Waals surface area contributed by atoms with Crippen LogP contribution in [0.25, 0.3) is 32.9 Å². The van der Waals surface area contributed by atoms with E-state index in [4.69, 9.17) is 0 Å². The molecule has 0 aliphatic rings. The minimum atomic E-state index is 1.15. The Hall–Kier alpha value is -2.80. The van der Waals surface area contributed by atoms with Crippen LogP contribution in [0.1, 0.15) is 5.56 Å². The second kappa shape index (κ2) is 4.88. The Morgan fingerprint density at radius 1 is 0.682 bits per heavy atom. The number of nitrogens with zero attached hydrogens (tertiary/aromatic N) is 1. The van der Waals surface area contributed by atoms with Crippen molar-refractivity contribution in [2.45, 2.75) is 6.92 Å². The third kappa shape index (κ3) is 1.79. The molecule has 106 valence electrons. The number of pyridine rings is 1. The van der Waals surface area contributed by atoms with Crippen LogP contribution in [0, 0.1) is 14.0 Å². The van der Waals surface area contributed by atoms with Gasteiger partial charge in [-0.3, -0.25) is 0 Å². The summed E-state index contributed by atoms with van der Waals surface area (Å²) in [6.45, 7) is 2.15. The van der Waals surface area contributed by atoms with Crippen molar-refractivity contribution in [3.8, 4) is 11.3 Å². The smallest absolute Gasteiger partial charge is 0.120 e. The van der Waals surface area contributed by atoms with Gasteiger partial charge in [0.2, 0.25) is 0 Å². The molecule has 0 unspecified atom stereocenters. The predicted molar refractivity (Wildman–Crippen MR) is 92.6 cm³/mol. The number of rotatable bonds is 1. The van der Waals surface area contributed by atoms with Gasteiger partial charge in [-0.05, 0) is 40.3 Å². The first kappa shape index (κ1) is 12.9. The van der Waals surface area contributed by atoms with Crippen LogP contribution in [0.3, 0.4) is 0 Å². The molecule has 0 N–H and O–H groups in total. The van der Waals surface area contributed by atoms with Crippen LogP contribution in [0.15, 0.2) is 72.8 Å². The summed E-state index contributed by atoms with van der Waals surface area (Å²) in [5.41, 5.74) is 4.83. The van der Waals surface area contributed by atoms with E-state index in [2.05, 4.69) is 91.3 Å². The van der Waals surface area contributed by atoms with E-state index in [0.29, 0.717) is 0 Å². The second-order valence-corrected chi connectivity index (χ2v) is 5.65. The van der Waals surface area contributed by atoms with Crippen molar-refractivity contribution < 1.29 is 4.57 Å². The number of aromatic nitrogens is 1. The monoisotopic (exact) mass is 283 g/mol. The molecule has 22 heavy (non-hydrogen) atoms. The molecule has 0 amide bonds. The molecule has 3 aromatic carbocycles. The van der Waals surface area contributed by atoms with Gasteiger partial charge in [0.1, 0.15) is 11.2 Å². The Kier molecular flexibility index (Phi) is 2.87. The van der Waals surface area contributed by atoms with Crippen LogP contribution < -0.4 is 4.57 Å². The standard InChI is InChI=1S/C21H17N/c1-15-9-3-4-10-16(15)21-19-13-6-5-11-17(19)18-12-7-8-14-20(18)22(21)2/h3-14H,2H2,1H3. The molecule has 0 fully saturated rings. The summed E-state index contributed by atoms with van der Waals surface area (Å²) in [5, 5.41) is 3.76. The Balaban J connectivity index is 2.26. The zero-order chi connectivity index (χ0) is 15.1. The van der Waals surface area contributed by atoms with Gasteiger partial charge in [0.25, 0.3) is 0 Å². The van der Waals surface area contributed by atoms with E-state index in [0.717, 1.165) is 5.52 Å². The van der Waals surface area contributed by atoms with Gasteiger partial charge in [-0.1, -0.05) is 66.7 Å². The first-order chi connectivity index (χ1) is 10.8. The second-order valence-electron chi connectivity index (χ2n) is 5.65. The summed E-state index contributed by atoms with van der Waals surface area (Å²) in [7, 11) is 4.33. The first-order valence-corrected chi connectivity index (χ1v) is 7.50. The van der Waals surface area contributed by atoms with Crippen molar-refractivity contribution in [2.75, 3.05) is 0 Å². The highest BCUT2D eigenvalue weighted by atomic mass is 14.9. The van der Waals surface area contributed by atoms with Crippen molar-refractivity contribution in [1.82, 2.24) is 0 Å². The highest BCUT2D eigenvalue weighted by Gasteiger charge is 2.14. The molecule has 1 aromatic heterocycles. The van der Waals surface area contributed by atoms with Crippen molar-refractivity contribution in [1.29, 1.82) is 0 Å². The van der Waals surface area contributed by atoms with Crippen LogP contribution in [0.4, 0.5) is 0 Å². The Morgan fingerprint density at radius 2 is 1.27 bits per heavy atom. The fraction of sp³-hybridized carbons (Fsp3) is 0.0476. The molecule has 4 rings (SSSR count). The van der Waals surface area contributed by atoms with E-state index in [1.807, 2.05) is 0 Å². The van der Waals surface area contributed by atoms with E-state index >= 15 is 0 Å². The Labute approximate surface area is 130 Å². The van der Waals surface area contributed by atoms with Crippen molar-refractivity contribution in [2.24, 2.45) is 0 Å². The topological polar surface area (TPSA) is 3.88 Å². The number of para-hydroxylation sites is 1. The fourth-order valence-electron chi connectivity index (χ4n) is 3.26. The summed E-state index contributed by atoms with van der Waals surface area (Å²) in [4.78, 5) is 0. The van der Waals surface area contributed by atoms with E-state index in [-0.39, 0.29) is 0 Å². The number of benzene rings is 3. The zero-order valence-electron chi connectivity index (χ0n) is 12.6. The summed E-state index contributed by atoms with van der Waals surface area (Å²) in [5.74, 6) is 0. The molecule has 0 aliphatic carbocycles. The van der Waals surface area contributed by atoms with Crippen molar-refractivity contribution in [3.63, 3.8) is 0 Å². The van der Waals surface area contributed by atoms with Gasteiger partial charge in [-0.2, -0.15) is 0 Å². The maximum Gasteiger partial charge on any atom is 0.120 e. The van der Waals surface area contributed by atoms with Crippen LogP contribution >= 0.6 is 0 Å². The van der Waals surface area contributed by atoms with Crippen LogP contribution in [-0.4, -0.2) is 0 Å². The minimum Gasteiger partial charge on any atom is -0.326 e. The van der Waals surface area contributed by atoms with E-state index in [9.17, 15) is 0 Å². The highest BCUT2D eigenvalue weighted by molar-refractivity contribution is 6.08. The molecule has 1 heteroatoms. The molecular formula is C21H17N. The maximum atomic E-state index is 4.33. The third-order valence-electron chi connectivity index (χ3n) is 4.34. The average Bonchev–Trinajstić information content (AvgIpc) is 2.57. The van der Waals surface area contributed by atoms with Crippen LogP contribution in [0.5, 0.6) is 0 Å². The molecule has 0 atom stereocenters. The lowest BCUT2D eigenvalue weighted by molar-refractivity contribution is -0.570. The molecular weight excluding hydrogens is 266 g/mol. The van der Waals surface area contributed by atoms with Gasteiger partial charge in [0, 0.05) is 7.05 Å². The predicted octanol–water partition coefficient (Wildman–Crippen LogP) is 4.90. The molecule has 0 spiro atoms. The van der Waals surface area contributed by atoms with Gasteiger partial charge < -0.3 is 4.57 Å². The van der Waals surface area contributed by atoms with Crippen molar-refractivity contribution in [3.05, 3.63) is 85.4 Å². The van der Waals surface area contributed by atoms with E-state index < -0.39 is 0 Å². The zero-order valence-corrected chi connectivity index (χ0v) is 12.6. The Bertz CT molecular complexity index is 999. The fourth-order valence-corrected chi connectivity index (χ4v) is 3.26. The number of hydrogen-bond acceptors (Lipinski definition) is 0. The molecule has 0 saturated heterocycles. The molecule has 0 saturated carbocycles. The summed E-state index contributed by atoms with van der Waals surface area (Å²) in [6.07, 6.45) is 0. The van der Waals surface area contributed by atoms with Gasteiger partial charge >= 0.3 is 0 Å². The molecule has 1 heterocycles.